The van der Waals surface area contributed by atoms with Crippen molar-refractivity contribution < 1.29 is 9.53 Å². The molecule has 1 atom stereocenters. The van der Waals surface area contributed by atoms with E-state index < -0.39 is 0 Å². The molecule has 122 valence electrons. The molecular formula is C17H22N4O2. The quantitative estimate of drug-likeness (QED) is 0.762. The molecule has 6 nitrogen and oxygen atoms in total. The van der Waals surface area contributed by atoms with E-state index in [1.807, 2.05) is 27.8 Å². The van der Waals surface area contributed by atoms with Crippen molar-refractivity contribution >= 4 is 5.91 Å². The number of aromatic nitrogens is 3. The van der Waals surface area contributed by atoms with Gasteiger partial charge in [-0.2, -0.15) is 5.10 Å². The van der Waals surface area contributed by atoms with Crippen LogP contribution in [0.25, 0.3) is 0 Å². The van der Waals surface area contributed by atoms with Gasteiger partial charge in [0.05, 0.1) is 12.6 Å². The fourth-order valence-electron chi connectivity index (χ4n) is 2.89. The Morgan fingerprint density at radius 1 is 1.30 bits per heavy atom. The Morgan fingerprint density at radius 2 is 2.17 bits per heavy atom. The van der Waals surface area contributed by atoms with Gasteiger partial charge < -0.3 is 9.64 Å². The van der Waals surface area contributed by atoms with Crippen molar-refractivity contribution in [1.82, 2.24) is 19.7 Å². The van der Waals surface area contributed by atoms with E-state index in [0.717, 1.165) is 25.8 Å². The van der Waals surface area contributed by atoms with E-state index in [1.54, 1.807) is 6.33 Å². The Bertz CT molecular complexity index is 600. The molecular weight excluding hydrogens is 292 g/mol. The zero-order valence-corrected chi connectivity index (χ0v) is 13.2. The monoisotopic (exact) mass is 314 g/mol. The zero-order valence-electron chi connectivity index (χ0n) is 13.2. The summed E-state index contributed by atoms with van der Waals surface area (Å²) in [4.78, 5) is 18.1. The molecule has 2 aromatic rings. The van der Waals surface area contributed by atoms with Crippen LogP contribution in [-0.4, -0.2) is 51.9 Å². The summed E-state index contributed by atoms with van der Waals surface area (Å²) >= 11 is 0. The Morgan fingerprint density at radius 3 is 2.96 bits per heavy atom. The predicted molar refractivity (Wildman–Crippen MR) is 85.8 cm³/mol. The fourth-order valence-corrected chi connectivity index (χ4v) is 2.89. The molecule has 1 aromatic carbocycles. The maximum atomic E-state index is 12.3. The van der Waals surface area contributed by atoms with Gasteiger partial charge >= 0.3 is 0 Å². The van der Waals surface area contributed by atoms with Crippen LogP contribution >= 0.6 is 0 Å². The number of hydrogen-bond donors (Lipinski definition) is 0. The molecule has 2 heterocycles. The summed E-state index contributed by atoms with van der Waals surface area (Å²) in [6.45, 7) is 2.20. The van der Waals surface area contributed by atoms with Crippen molar-refractivity contribution in [2.24, 2.45) is 0 Å². The van der Waals surface area contributed by atoms with Gasteiger partial charge in [0, 0.05) is 13.1 Å². The first-order valence-corrected chi connectivity index (χ1v) is 8.06. The van der Waals surface area contributed by atoms with Gasteiger partial charge in [-0.15, -0.1) is 0 Å². The first kappa shape index (κ1) is 15.7. The second-order valence-corrected chi connectivity index (χ2v) is 5.80. The van der Waals surface area contributed by atoms with Gasteiger partial charge in [0.15, 0.2) is 0 Å². The number of rotatable bonds is 6. The van der Waals surface area contributed by atoms with E-state index in [1.165, 1.54) is 11.9 Å². The lowest BCUT2D eigenvalue weighted by atomic mass is 10.1. The van der Waals surface area contributed by atoms with E-state index in [9.17, 15) is 4.79 Å². The third-order valence-electron chi connectivity index (χ3n) is 4.16. The average molecular weight is 314 g/mol. The van der Waals surface area contributed by atoms with Gasteiger partial charge in [0.1, 0.15) is 19.3 Å². The molecule has 0 spiro atoms. The molecule has 23 heavy (non-hydrogen) atoms. The molecule has 0 bridgehead atoms. The molecule has 1 fully saturated rings. The SMILES string of the molecule is O=C(COCCc1ccccc1)N1CCC[C@@H](n2cncn2)C1. The van der Waals surface area contributed by atoms with Gasteiger partial charge in [-0.3, -0.25) is 4.79 Å². The molecule has 1 aliphatic rings. The molecule has 6 heteroatoms. The Kier molecular flexibility index (Phi) is 5.37. The van der Waals surface area contributed by atoms with Crippen LogP contribution in [0.3, 0.4) is 0 Å². The molecule has 1 aliphatic heterocycles. The average Bonchev–Trinajstić information content (AvgIpc) is 3.14. The first-order valence-electron chi connectivity index (χ1n) is 8.06. The molecule has 0 radical (unpaired) electrons. The highest BCUT2D eigenvalue weighted by Crippen LogP contribution is 2.20. The number of benzene rings is 1. The van der Waals surface area contributed by atoms with Crippen LogP contribution in [0.5, 0.6) is 0 Å². The molecule has 1 amide bonds. The van der Waals surface area contributed by atoms with Crippen LogP contribution in [0.2, 0.25) is 0 Å². The van der Waals surface area contributed by atoms with Crippen molar-refractivity contribution in [2.45, 2.75) is 25.3 Å². The minimum atomic E-state index is 0.0582. The van der Waals surface area contributed by atoms with Gasteiger partial charge in [-0.1, -0.05) is 30.3 Å². The van der Waals surface area contributed by atoms with Crippen LogP contribution in [0.4, 0.5) is 0 Å². The summed E-state index contributed by atoms with van der Waals surface area (Å²) < 4.78 is 7.40. The van der Waals surface area contributed by atoms with E-state index in [0.29, 0.717) is 13.2 Å². The molecule has 0 aliphatic carbocycles. The minimum Gasteiger partial charge on any atom is -0.371 e. The lowest BCUT2D eigenvalue weighted by Crippen LogP contribution is -2.42. The smallest absolute Gasteiger partial charge is 0.248 e. The second-order valence-electron chi connectivity index (χ2n) is 5.80. The molecule has 0 saturated carbocycles. The van der Waals surface area contributed by atoms with Crippen molar-refractivity contribution in [3.63, 3.8) is 0 Å². The summed E-state index contributed by atoms with van der Waals surface area (Å²) in [5.74, 6) is 0.0582. The maximum Gasteiger partial charge on any atom is 0.248 e. The van der Waals surface area contributed by atoms with Crippen molar-refractivity contribution in [3.05, 3.63) is 48.5 Å². The van der Waals surface area contributed by atoms with Gasteiger partial charge in [-0.25, -0.2) is 9.67 Å². The van der Waals surface area contributed by atoms with Gasteiger partial charge in [0.2, 0.25) is 5.91 Å². The van der Waals surface area contributed by atoms with Crippen LogP contribution in [0.15, 0.2) is 43.0 Å². The van der Waals surface area contributed by atoms with E-state index in [2.05, 4.69) is 22.2 Å². The Labute approximate surface area is 136 Å². The molecule has 0 unspecified atom stereocenters. The van der Waals surface area contributed by atoms with Gasteiger partial charge in [0.25, 0.3) is 0 Å². The zero-order chi connectivity index (χ0) is 15.9. The highest BCUT2D eigenvalue weighted by atomic mass is 16.5. The molecule has 3 rings (SSSR count). The highest BCUT2D eigenvalue weighted by molar-refractivity contribution is 5.77. The molecule has 1 saturated heterocycles. The number of carbonyl (C=O) groups excluding carboxylic acids is 1. The van der Waals surface area contributed by atoms with E-state index >= 15 is 0 Å². The standard InChI is InChI=1S/C17H22N4O2/c22-17(12-23-10-8-15-5-2-1-3-6-15)20-9-4-7-16(11-20)21-14-18-13-19-21/h1-3,5-6,13-14,16H,4,7-12H2/t16-/m1/s1. The topological polar surface area (TPSA) is 60.2 Å². The lowest BCUT2D eigenvalue weighted by molar-refractivity contribution is -0.137. The van der Waals surface area contributed by atoms with Crippen LogP contribution in [-0.2, 0) is 16.0 Å². The number of piperidine rings is 1. The van der Waals surface area contributed by atoms with Crippen LogP contribution in [0, 0.1) is 0 Å². The Hall–Kier alpha value is -2.21. The minimum absolute atomic E-state index is 0.0582. The summed E-state index contributed by atoms with van der Waals surface area (Å²) in [6, 6.07) is 10.4. The van der Waals surface area contributed by atoms with Crippen molar-refractivity contribution in [2.75, 3.05) is 26.3 Å². The fraction of sp³-hybridized carbons (Fsp3) is 0.471. The molecule has 1 aromatic heterocycles. The largest absolute Gasteiger partial charge is 0.371 e. The van der Waals surface area contributed by atoms with Crippen molar-refractivity contribution in [3.8, 4) is 0 Å². The summed E-state index contributed by atoms with van der Waals surface area (Å²) in [5, 5.41) is 4.18. The first-order chi connectivity index (χ1) is 11.3. The van der Waals surface area contributed by atoms with Gasteiger partial charge in [-0.05, 0) is 24.8 Å². The van der Waals surface area contributed by atoms with E-state index in [4.69, 9.17) is 4.74 Å². The number of ether oxygens (including phenoxy) is 1. The number of carbonyl (C=O) groups is 1. The third kappa shape index (κ3) is 4.39. The normalized spacial score (nSPS) is 18.1. The van der Waals surface area contributed by atoms with Crippen molar-refractivity contribution in [1.29, 1.82) is 0 Å². The predicted octanol–water partition coefficient (Wildman–Crippen LogP) is 1.70. The lowest BCUT2D eigenvalue weighted by Gasteiger charge is -2.32. The van der Waals surface area contributed by atoms with E-state index in [-0.39, 0.29) is 18.6 Å². The summed E-state index contributed by atoms with van der Waals surface area (Å²) in [6.07, 6.45) is 6.10. The number of amides is 1. The third-order valence-corrected chi connectivity index (χ3v) is 4.16. The van der Waals surface area contributed by atoms with Crippen LogP contribution in [0.1, 0.15) is 24.4 Å². The number of nitrogens with zero attached hydrogens (tertiary/aromatic N) is 4. The highest BCUT2D eigenvalue weighted by Gasteiger charge is 2.25. The summed E-state index contributed by atoms with van der Waals surface area (Å²) in [5.41, 5.74) is 1.23. The molecule has 0 N–H and O–H groups in total. The van der Waals surface area contributed by atoms with Crippen LogP contribution < -0.4 is 0 Å². The number of hydrogen-bond acceptors (Lipinski definition) is 4. The Balaban J connectivity index is 1.41. The summed E-state index contributed by atoms with van der Waals surface area (Å²) in [7, 11) is 0. The maximum absolute atomic E-state index is 12.3. The number of likely N-dealkylation sites (tertiary alicyclic amines) is 1. The second kappa shape index (κ2) is 7.87.